The monoisotopic (exact) mass is 462 g/mol. The van der Waals surface area contributed by atoms with Gasteiger partial charge in [-0.05, 0) is 44.0 Å². The van der Waals surface area contributed by atoms with Crippen molar-refractivity contribution in [3.8, 4) is 5.75 Å². The van der Waals surface area contributed by atoms with Gasteiger partial charge in [0.25, 0.3) is 5.91 Å². The topological polar surface area (TPSA) is 58.6 Å². The number of halogens is 1. The summed E-state index contributed by atoms with van der Waals surface area (Å²) < 4.78 is 19.5. The van der Waals surface area contributed by atoms with E-state index in [1.165, 1.54) is 17.0 Å². The Bertz CT molecular complexity index is 1100. The summed E-state index contributed by atoms with van der Waals surface area (Å²) in [6.07, 6.45) is 0.344. The number of hydrogen-bond acceptors (Lipinski definition) is 3. The van der Waals surface area contributed by atoms with E-state index in [-0.39, 0.29) is 30.9 Å². The van der Waals surface area contributed by atoms with Crippen molar-refractivity contribution in [3.05, 3.63) is 101 Å². The van der Waals surface area contributed by atoms with Gasteiger partial charge in [-0.25, -0.2) is 4.39 Å². The van der Waals surface area contributed by atoms with Crippen LogP contribution in [0.15, 0.2) is 78.9 Å². The molecule has 3 rings (SSSR count). The van der Waals surface area contributed by atoms with Crippen LogP contribution in [0.4, 0.5) is 4.39 Å². The van der Waals surface area contributed by atoms with E-state index < -0.39 is 17.8 Å². The number of amides is 2. The number of aryl methyl sites for hydroxylation is 1. The third kappa shape index (κ3) is 7.17. The molecule has 34 heavy (non-hydrogen) atoms. The minimum atomic E-state index is -0.762. The quantitative estimate of drug-likeness (QED) is 0.476. The summed E-state index contributed by atoms with van der Waals surface area (Å²) in [5.74, 6) is -1.19. The summed E-state index contributed by atoms with van der Waals surface area (Å²) in [5.41, 5.74) is 2.89. The van der Waals surface area contributed by atoms with Crippen LogP contribution in [-0.2, 0) is 22.6 Å². The normalized spacial score (nSPS) is 11.7. The molecule has 0 fully saturated rings. The Balaban J connectivity index is 1.92. The molecule has 0 aliphatic heterocycles. The second-order valence-corrected chi connectivity index (χ2v) is 8.60. The van der Waals surface area contributed by atoms with Gasteiger partial charge >= 0.3 is 0 Å². The van der Waals surface area contributed by atoms with Gasteiger partial charge in [0.15, 0.2) is 18.2 Å². The molecule has 0 bridgehead atoms. The molecule has 0 aliphatic rings. The highest BCUT2D eigenvalue weighted by Crippen LogP contribution is 2.18. The first-order valence-electron chi connectivity index (χ1n) is 11.4. The molecule has 1 N–H and O–H groups in total. The van der Waals surface area contributed by atoms with Gasteiger partial charge in [-0.1, -0.05) is 72.3 Å². The minimum Gasteiger partial charge on any atom is -0.481 e. The first-order chi connectivity index (χ1) is 16.3. The standard InChI is InChI=1S/C28H31FN2O3/c1-20(2)30-28(33)25(17-22-11-5-4-6-12-22)31(18-23-13-9-10-21(3)16-23)27(32)19-34-26-15-8-7-14-24(26)29/h4-16,20,25H,17-19H2,1-3H3,(H,30,33)/t25-/m1/s1. The zero-order chi connectivity index (χ0) is 24.5. The predicted octanol–water partition coefficient (Wildman–Crippen LogP) is 4.68. The Kier molecular flexibility index (Phi) is 8.79. The molecule has 0 radical (unpaired) electrons. The second kappa shape index (κ2) is 12.0. The van der Waals surface area contributed by atoms with Gasteiger partial charge in [0, 0.05) is 19.0 Å². The smallest absolute Gasteiger partial charge is 0.261 e. The number of carbonyl (C=O) groups is 2. The van der Waals surface area contributed by atoms with Crippen molar-refractivity contribution in [3.63, 3.8) is 0 Å². The Morgan fingerprint density at radius 1 is 0.941 bits per heavy atom. The molecule has 0 saturated heterocycles. The van der Waals surface area contributed by atoms with Gasteiger partial charge in [-0.3, -0.25) is 9.59 Å². The summed E-state index contributed by atoms with van der Waals surface area (Å²) in [6.45, 7) is 5.58. The average molecular weight is 463 g/mol. The van der Waals surface area contributed by atoms with Crippen LogP contribution in [0.25, 0.3) is 0 Å². The van der Waals surface area contributed by atoms with Crippen molar-refractivity contribution in [1.29, 1.82) is 0 Å². The van der Waals surface area contributed by atoms with Gasteiger partial charge in [-0.2, -0.15) is 0 Å². The molecule has 178 valence electrons. The maximum Gasteiger partial charge on any atom is 0.261 e. The van der Waals surface area contributed by atoms with E-state index in [1.807, 2.05) is 75.4 Å². The molecule has 0 aromatic heterocycles. The van der Waals surface area contributed by atoms with E-state index in [9.17, 15) is 14.0 Å². The largest absolute Gasteiger partial charge is 0.481 e. The predicted molar refractivity (Wildman–Crippen MR) is 131 cm³/mol. The number of nitrogens with zero attached hydrogens (tertiary/aromatic N) is 1. The van der Waals surface area contributed by atoms with E-state index in [0.717, 1.165) is 16.7 Å². The lowest BCUT2D eigenvalue weighted by Gasteiger charge is -2.32. The van der Waals surface area contributed by atoms with Crippen molar-refractivity contribution in [1.82, 2.24) is 10.2 Å². The number of rotatable bonds is 10. The summed E-state index contributed by atoms with van der Waals surface area (Å²) in [6, 6.07) is 22.5. The van der Waals surface area contributed by atoms with Gasteiger partial charge in [0.1, 0.15) is 6.04 Å². The molecule has 5 nitrogen and oxygen atoms in total. The van der Waals surface area contributed by atoms with Crippen molar-refractivity contribution in [2.45, 2.75) is 45.8 Å². The van der Waals surface area contributed by atoms with E-state index in [2.05, 4.69) is 5.32 Å². The summed E-state index contributed by atoms with van der Waals surface area (Å²) in [4.78, 5) is 28.2. The molecule has 2 amide bonds. The molecule has 3 aromatic carbocycles. The molecule has 0 aliphatic carbocycles. The third-order valence-electron chi connectivity index (χ3n) is 5.33. The zero-order valence-corrected chi connectivity index (χ0v) is 19.8. The SMILES string of the molecule is Cc1cccc(CN(C(=O)COc2ccccc2F)[C@H](Cc2ccccc2)C(=O)NC(C)C)c1. The molecular weight excluding hydrogens is 431 g/mol. The van der Waals surface area contributed by atoms with Crippen molar-refractivity contribution in [2.24, 2.45) is 0 Å². The van der Waals surface area contributed by atoms with Crippen LogP contribution in [0, 0.1) is 12.7 Å². The molecule has 1 atom stereocenters. The van der Waals surface area contributed by atoms with Crippen molar-refractivity contribution >= 4 is 11.8 Å². The van der Waals surface area contributed by atoms with Crippen LogP contribution >= 0.6 is 0 Å². The number of nitrogens with one attached hydrogen (secondary N) is 1. The van der Waals surface area contributed by atoms with E-state index in [4.69, 9.17) is 4.74 Å². The maximum atomic E-state index is 14.0. The Hall–Kier alpha value is -3.67. The lowest BCUT2D eigenvalue weighted by molar-refractivity contribution is -0.143. The van der Waals surface area contributed by atoms with Gasteiger partial charge in [0.2, 0.25) is 5.91 Å². The molecule has 0 heterocycles. The molecular formula is C28H31FN2O3. The highest BCUT2D eigenvalue weighted by Gasteiger charge is 2.31. The fourth-order valence-electron chi connectivity index (χ4n) is 3.73. The first-order valence-corrected chi connectivity index (χ1v) is 11.4. The summed E-state index contributed by atoms with van der Waals surface area (Å²) in [5, 5.41) is 2.94. The van der Waals surface area contributed by atoms with E-state index >= 15 is 0 Å². The molecule has 3 aromatic rings. The lowest BCUT2D eigenvalue weighted by atomic mass is 10.0. The van der Waals surface area contributed by atoms with E-state index in [1.54, 1.807) is 12.1 Å². The number of ether oxygens (including phenoxy) is 1. The van der Waals surface area contributed by atoms with Gasteiger partial charge in [-0.15, -0.1) is 0 Å². The Morgan fingerprint density at radius 2 is 1.62 bits per heavy atom. The fourth-order valence-corrected chi connectivity index (χ4v) is 3.73. The summed E-state index contributed by atoms with van der Waals surface area (Å²) >= 11 is 0. The molecule has 0 spiro atoms. The summed E-state index contributed by atoms with van der Waals surface area (Å²) in [7, 11) is 0. The fraction of sp³-hybridized carbons (Fsp3) is 0.286. The lowest BCUT2D eigenvalue weighted by Crippen LogP contribution is -2.52. The molecule has 6 heteroatoms. The Labute approximate surface area is 200 Å². The highest BCUT2D eigenvalue weighted by atomic mass is 19.1. The van der Waals surface area contributed by atoms with Crippen LogP contribution < -0.4 is 10.1 Å². The number of benzene rings is 3. The number of carbonyl (C=O) groups excluding carboxylic acids is 2. The van der Waals surface area contributed by atoms with Crippen molar-refractivity contribution in [2.75, 3.05) is 6.61 Å². The first kappa shape index (κ1) is 25.0. The highest BCUT2D eigenvalue weighted by molar-refractivity contribution is 5.88. The van der Waals surface area contributed by atoms with Crippen molar-refractivity contribution < 1.29 is 18.7 Å². The third-order valence-corrected chi connectivity index (χ3v) is 5.33. The van der Waals surface area contributed by atoms with Crippen LogP contribution in [0.5, 0.6) is 5.75 Å². The molecule has 0 saturated carbocycles. The van der Waals surface area contributed by atoms with Crippen LogP contribution in [0.3, 0.4) is 0 Å². The maximum absolute atomic E-state index is 14.0. The Morgan fingerprint density at radius 3 is 2.29 bits per heavy atom. The molecule has 0 unspecified atom stereocenters. The van der Waals surface area contributed by atoms with Crippen LogP contribution in [0.1, 0.15) is 30.5 Å². The minimum absolute atomic E-state index is 0.00223. The average Bonchev–Trinajstić information content (AvgIpc) is 2.81. The second-order valence-electron chi connectivity index (χ2n) is 8.60. The number of para-hydroxylation sites is 1. The number of hydrogen-bond donors (Lipinski definition) is 1. The van der Waals surface area contributed by atoms with Crippen LogP contribution in [0.2, 0.25) is 0 Å². The van der Waals surface area contributed by atoms with Crippen LogP contribution in [-0.4, -0.2) is 35.4 Å². The van der Waals surface area contributed by atoms with E-state index in [0.29, 0.717) is 6.42 Å². The zero-order valence-electron chi connectivity index (χ0n) is 19.8. The van der Waals surface area contributed by atoms with Gasteiger partial charge < -0.3 is 15.0 Å². The van der Waals surface area contributed by atoms with Gasteiger partial charge in [0.05, 0.1) is 0 Å².